The first-order valence-corrected chi connectivity index (χ1v) is 7.82. The standard InChI is InChI=1S/C14H9BrClF2I/c1-7-4-9(12(18)6-11(7)17)14(15)10-5-8(16)2-3-13(10)19/h2-6,14H,1H3. The molecule has 0 bridgehead atoms. The Balaban J connectivity index is 2.52. The quantitative estimate of drug-likeness (QED) is 0.382. The molecular weight excluding hydrogens is 448 g/mol. The lowest BCUT2D eigenvalue weighted by atomic mass is 10.0. The highest BCUT2D eigenvalue weighted by Gasteiger charge is 2.19. The Morgan fingerprint density at radius 1 is 1.11 bits per heavy atom. The zero-order valence-electron chi connectivity index (χ0n) is 9.85. The van der Waals surface area contributed by atoms with E-state index in [0.29, 0.717) is 16.1 Å². The van der Waals surface area contributed by atoms with Crippen LogP contribution in [-0.2, 0) is 0 Å². The number of halogens is 5. The lowest BCUT2D eigenvalue weighted by molar-refractivity contribution is 0.569. The van der Waals surface area contributed by atoms with Gasteiger partial charge in [-0.15, -0.1) is 0 Å². The molecule has 0 aliphatic carbocycles. The van der Waals surface area contributed by atoms with E-state index in [4.69, 9.17) is 11.6 Å². The van der Waals surface area contributed by atoms with Crippen molar-refractivity contribution in [3.8, 4) is 0 Å². The Kier molecular flexibility index (Phi) is 4.84. The average Bonchev–Trinajstić information content (AvgIpc) is 2.36. The Morgan fingerprint density at radius 2 is 1.79 bits per heavy atom. The molecular formula is C14H9BrClF2I. The van der Waals surface area contributed by atoms with Gasteiger partial charge in [0.05, 0.1) is 4.83 Å². The summed E-state index contributed by atoms with van der Waals surface area (Å²) in [6.07, 6.45) is 0. The van der Waals surface area contributed by atoms with Crippen LogP contribution in [0.25, 0.3) is 0 Å². The van der Waals surface area contributed by atoms with Crippen LogP contribution in [-0.4, -0.2) is 0 Å². The van der Waals surface area contributed by atoms with Crippen LogP contribution in [0.15, 0.2) is 30.3 Å². The summed E-state index contributed by atoms with van der Waals surface area (Å²) in [4.78, 5) is -0.364. The van der Waals surface area contributed by atoms with Gasteiger partial charge in [-0.2, -0.15) is 0 Å². The highest BCUT2D eigenvalue weighted by atomic mass is 127. The maximum absolute atomic E-state index is 13.9. The summed E-state index contributed by atoms with van der Waals surface area (Å²) < 4.78 is 28.1. The number of hydrogen-bond donors (Lipinski definition) is 0. The van der Waals surface area contributed by atoms with E-state index in [1.165, 1.54) is 6.07 Å². The van der Waals surface area contributed by atoms with E-state index in [1.807, 2.05) is 6.07 Å². The first-order chi connectivity index (χ1) is 8.90. The summed E-state index contributed by atoms with van der Waals surface area (Å²) in [7, 11) is 0. The first-order valence-electron chi connectivity index (χ1n) is 5.44. The van der Waals surface area contributed by atoms with Crippen molar-refractivity contribution in [2.45, 2.75) is 11.8 Å². The van der Waals surface area contributed by atoms with E-state index in [2.05, 4.69) is 38.5 Å². The van der Waals surface area contributed by atoms with Crippen LogP contribution in [0, 0.1) is 22.1 Å². The van der Waals surface area contributed by atoms with Gasteiger partial charge < -0.3 is 0 Å². The lowest BCUT2D eigenvalue weighted by Crippen LogP contribution is -2.01. The molecule has 2 aromatic carbocycles. The molecule has 100 valence electrons. The molecule has 0 aromatic heterocycles. The predicted octanol–water partition coefficient (Wildman–Crippen LogP) is 6.02. The fourth-order valence-electron chi connectivity index (χ4n) is 1.75. The minimum absolute atomic E-state index is 0.364. The van der Waals surface area contributed by atoms with Crippen molar-refractivity contribution in [1.82, 2.24) is 0 Å². The van der Waals surface area contributed by atoms with Crippen LogP contribution in [0.2, 0.25) is 5.02 Å². The fraction of sp³-hybridized carbons (Fsp3) is 0.143. The minimum Gasteiger partial charge on any atom is -0.207 e. The molecule has 2 aromatic rings. The normalized spacial score (nSPS) is 12.5. The van der Waals surface area contributed by atoms with Gasteiger partial charge in [-0.05, 0) is 64.9 Å². The molecule has 0 heterocycles. The number of aryl methyl sites for hydroxylation is 1. The van der Waals surface area contributed by atoms with Gasteiger partial charge in [0, 0.05) is 20.2 Å². The third kappa shape index (κ3) is 3.28. The van der Waals surface area contributed by atoms with Crippen LogP contribution in [0.1, 0.15) is 21.5 Å². The van der Waals surface area contributed by atoms with E-state index in [1.54, 1.807) is 19.1 Å². The average molecular weight is 457 g/mol. The molecule has 2 rings (SSSR count). The van der Waals surface area contributed by atoms with Gasteiger partial charge >= 0.3 is 0 Å². The zero-order chi connectivity index (χ0) is 14.2. The molecule has 1 atom stereocenters. The van der Waals surface area contributed by atoms with Crippen LogP contribution < -0.4 is 0 Å². The second-order valence-electron chi connectivity index (χ2n) is 4.15. The molecule has 0 aliphatic heterocycles. The van der Waals surface area contributed by atoms with E-state index in [9.17, 15) is 8.78 Å². The molecule has 0 nitrogen and oxygen atoms in total. The number of rotatable bonds is 2. The van der Waals surface area contributed by atoms with Gasteiger partial charge in [-0.3, -0.25) is 0 Å². The van der Waals surface area contributed by atoms with Crippen molar-refractivity contribution in [3.63, 3.8) is 0 Å². The van der Waals surface area contributed by atoms with Gasteiger partial charge in [-0.25, -0.2) is 8.78 Å². The van der Waals surface area contributed by atoms with Gasteiger partial charge in [0.2, 0.25) is 0 Å². The van der Waals surface area contributed by atoms with Crippen molar-refractivity contribution in [1.29, 1.82) is 0 Å². The summed E-state index contributed by atoms with van der Waals surface area (Å²) in [5.41, 5.74) is 1.68. The fourth-order valence-corrected chi connectivity index (χ4v) is 3.74. The summed E-state index contributed by atoms with van der Waals surface area (Å²) in [5.74, 6) is -1.11. The number of alkyl halides is 1. The monoisotopic (exact) mass is 456 g/mol. The predicted molar refractivity (Wildman–Crippen MR) is 86.0 cm³/mol. The number of hydrogen-bond acceptors (Lipinski definition) is 0. The molecule has 0 fully saturated rings. The first kappa shape index (κ1) is 15.2. The van der Waals surface area contributed by atoms with Crippen molar-refractivity contribution >= 4 is 50.1 Å². The van der Waals surface area contributed by atoms with Gasteiger partial charge in [-0.1, -0.05) is 27.5 Å². The molecule has 0 amide bonds. The summed E-state index contributed by atoms with van der Waals surface area (Å²) in [6, 6.07) is 7.85. The molecule has 0 radical (unpaired) electrons. The molecule has 0 aliphatic rings. The largest absolute Gasteiger partial charge is 0.207 e. The third-order valence-electron chi connectivity index (χ3n) is 2.78. The maximum atomic E-state index is 13.9. The number of benzene rings is 2. The second-order valence-corrected chi connectivity index (χ2v) is 6.67. The Bertz CT molecular complexity index is 631. The summed E-state index contributed by atoms with van der Waals surface area (Å²) in [5, 5.41) is 0.583. The van der Waals surface area contributed by atoms with Gasteiger partial charge in [0.15, 0.2) is 0 Å². The van der Waals surface area contributed by atoms with E-state index < -0.39 is 11.6 Å². The smallest absolute Gasteiger partial charge is 0.130 e. The van der Waals surface area contributed by atoms with Crippen LogP contribution >= 0.6 is 50.1 Å². The SMILES string of the molecule is Cc1cc(C(Br)c2cc(Cl)ccc2I)c(F)cc1F. The Morgan fingerprint density at radius 3 is 2.47 bits per heavy atom. The molecule has 0 saturated heterocycles. The van der Waals surface area contributed by atoms with Crippen LogP contribution in [0.5, 0.6) is 0 Å². The maximum Gasteiger partial charge on any atom is 0.130 e. The Labute approximate surface area is 137 Å². The van der Waals surface area contributed by atoms with Crippen molar-refractivity contribution < 1.29 is 8.78 Å². The molecule has 5 heteroatoms. The lowest BCUT2D eigenvalue weighted by Gasteiger charge is -2.15. The summed E-state index contributed by atoms with van der Waals surface area (Å²) in [6.45, 7) is 1.61. The van der Waals surface area contributed by atoms with E-state index >= 15 is 0 Å². The second kappa shape index (κ2) is 6.06. The molecule has 0 N–H and O–H groups in total. The highest BCUT2D eigenvalue weighted by molar-refractivity contribution is 14.1. The van der Waals surface area contributed by atoms with Gasteiger partial charge in [0.25, 0.3) is 0 Å². The zero-order valence-corrected chi connectivity index (χ0v) is 14.4. The van der Waals surface area contributed by atoms with Crippen molar-refractivity contribution in [2.75, 3.05) is 0 Å². The minimum atomic E-state index is -0.569. The van der Waals surface area contributed by atoms with Crippen LogP contribution in [0.4, 0.5) is 8.78 Å². The van der Waals surface area contributed by atoms with E-state index in [-0.39, 0.29) is 4.83 Å². The van der Waals surface area contributed by atoms with Crippen molar-refractivity contribution in [3.05, 3.63) is 67.2 Å². The topological polar surface area (TPSA) is 0 Å². The van der Waals surface area contributed by atoms with E-state index in [0.717, 1.165) is 15.2 Å². The highest BCUT2D eigenvalue weighted by Crippen LogP contribution is 2.37. The van der Waals surface area contributed by atoms with Crippen LogP contribution in [0.3, 0.4) is 0 Å². The Hall–Kier alpha value is -0.200. The molecule has 0 saturated carbocycles. The van der Waals surface area contributed by atoms with Crippen molar-refractivity contribution in [2.24, 2.45) is 0 Å². The molecule has 19 heavy (non-hydrogen) atoms. The molecule has 1 unspecified atom stereocenters. The third-order valence-corrected chi connectivity index (χ3v) is 4.99. The molecule has 0 spiro atoms. The summed E-state index contributed by atoms with van der Waals surface area (Å²) >= 11 is 11.6. The van der Waals surface area contributed by atoms with Gasteiger partial charge in [0.1, 0.15) is 11.6 Å².